The molecule has 2 amide bonds. The number of hydrogen-bond donors (Lipinski definition) is 0. The van der Waals surface area contributed by atoms with Gasteiger partial charge in [-0.2, -0.15) is 0 Å². The van der Waals surface area contributed by atoms with E-state index in [1.165, 1.54) is 69.1 Å². The standard InChI is InChI=1S/C22H31Br2NO2/c1-2-3-4-5-6-7-8-9-10-11-12-13-16-25-21(26)19-17(23)14-15-18(24)20(19)22(25)27/h14-15H,2-13,16H2,1H3. The molecule has 2 rings (SSSR count). The van der Waals surface area contributed by atoms with E-state index in [9.17, 15) is 9.59 Å². The van der Waals surface area contributed by atoms with Gasteiger partial charge in [0.2, 0.25) is 0 Å². The molecule has 0 aromatic heterocycles. The number of nitrogens with zero attached hydrogens (tertiary/aromatic N) is 1. The van der Waals surface area contributed by atoms with Crippen molar-refractivity contribution >= 4 is 43.7 Å². The predicted octanol–water partition coefficient (Wildman–Crippen LogP) is 7.51. The first-order valence-electron chi connectivity index (χ1n) is 10.4. The van der Waals surface area contributed by atoms with Gasteiger partial charge in [-0.15, -0.1) is 0 Å². The molecule has 0 saturated heterocycles. The van der Waals surface area contributed by atoms with E-state index in [4.69, 9.17) is 0 Å². The number of benzene rings is 1. The maximum atomic E-state index is 12.6. The van der Waals surface area contributed by atoms with Gasteiger partial charge in [-0.25, -0.2) is 0 Å². The molecule has 1 aromatic carbocycles. The van der Waals surface area contributed by atoms with Crippen LogP contribution in [0.4, 0.5) is 0 Å². The summed E-state index contributed by atoms with van der Waals surface area (Å²) in [6.45, 7) is 2.77. The molecule has 3 nitrogen and oxygen atoms in total. The Labute approximate surface area is 180 Å². The molecule has 0 aliphatic carbocycles. The van der Waals surface area contributed by atoms with Crippen molar-refractivity contribution in [1.82, 2.24) is 4.90 Å². The summed E-state index contributed by atoms with van der Waals surface area (Å²) in [5.74, 6) is -0.350. The molecule has 1 aliphatic rings. The molecule has 0 N–H and O–H groups in total. The topological polar surface area (TPSA) is 37.4 Å². The average molecular weight is 501 g/mol. The molecule has 27 heavy (non-hydrogen) atoms. The summed E-state index contributed by atoms with van der Waals surface area (Å²) in [5.41, 5.74) is 0.988. The van der Waals surface area contributed by atoms with Gasteiger partial charge in [-0.1, -0.05) is 77.6 Å². The Bertz CT molecular complexity index is 604. The van der Waals surface area contributed by atoms with Crippen molar-refractivity contribution in [1.29, 1.82) is 0 Å². The molecular formula is C22H31Br2NO2. The Morgan fingerprint density at radius 3 is 1.44 bits per heavy atom. The monoisotopic (exact) mass is 499 g/mol. The van der Waals surface area contributed by atoms with Crippen LogP contribution in [-0.2, 0) is 0 Å². The highest BCUT2D eigenvalue weighted by Crippen LogP contribution is 2.34. The molecule has 1 aliphatic heterocycles. The highest BCUT2D eigenvalue weighted by atomic mass is 79.9. The zero-order valence-corrected chi connectivity index (χ0v) is 19.5. The van der Waals surface area contributed by atoms with Crippen molar-refractivity contribution in [3.05, 3.63) is 32.2 Å². The highest BCUT2D eigenvalue weighted by molar-refractivity contribution is 9.11. The van der Waals surface area contributed by atoms with Crippen LogP contribution < -0.4 is 0 Å². The van der Waals surface area contributed by atoms with Gasteiger partial charge in [0, 0.05) is 15.5 Å². The minimum atomic E-state index is -0.175. The van der Waals surface area contributed by atoms with Crippen molar-refractivity contribution in [2.45, 2.75) is 84.0 Å². The third-order valence-electron chi connectivity index (χ3n) is 5.26. The van der Waals surface area contributed by atoms with Gasteiger partial charge in [0.15, 0.2) is 0 Å². The Morgan fingerprint density at radius 2 is 1.04 bits per heavy atom. The van der Waals surface area contributed by atoms with Gasteiger partial charge in [-0.05, 0) is 50.4 Å². The summed E-state index contributed by atoms with van der Waals surface area (Å²) in [6.07, 6.45) is 15.3. The minimum Gasteiger partial charge on any atom is -0.274 e. The van der Waals surface area contributed by atoms with Gasteiger partial charge < -0.3 is 0 Å². The number of fused-ring (bicyclic) bond motifs is 1. The van der Waals surface area contributed by atoms with E-state index in [0.717, 1.165) is 12.8 Å². The SMILES string of the molecule is CCCCCCCCCCCCCCN1C(=O)c2c(Br)ccc(Br)c2C1=O. The van der Waals surface area contributed by atoms with Gasteiger partial charge in [0.05, 0.1) is 11.1 Å². The van der Waals surface area contributed by atoms with Gasteiger partial charge in [0.25, 0.3) is 11.8 Å². The van der Waals surface area contributed by atoms with Gasteiger partial charge in [-0.3, -0.25) is 14.5 Å². The Hall–Kier alpha value is -0.680. The number of rotatable bonds is 13. The number of amides is 2. The normalized spacial score (nSPS) is 13.5. The number of hydrogen-bond acceptors (Lipinski definition) is 2. The highest BCUT2D eigenvalue weighted by Gasteiger charge is 2.38. The fourth-order valence-electron chi connectivity index (χ4n) is 3.65. The molecular weight excluding hydrogens is 470 g/mol. The molecule has 0 unspecified atom stereocenters. The number of imide groups is 1. The molecule has 5 heteroatoms. The first kappa shape index (κ1) is 22.6. The zero-order valence-electron chi connectivity index (χ0n) is 16.4. The van der Waals surface area contributed by atoms with Gasteiger partial charge in [0.1, 0.15) is 0 Å². The van der Waals surface area contributed by atoms with E-state index in [1.807, 2.05) is 0 Å². The number of unbranched alkanes of at least 4 members (excludes halogenated alkanes) is 11. The minimum absolute atomic E-state index is 0.175. The van der Waals surface area contributed by atoms with Crippen LogP contribution in [0.2, 0.25) is 0 Å². The fraction of sp³-hybridized carbons (Fsp3) is 0.636. The van der Waals surface area contributed by atoms with Crippen LogP contribution in [0.15, 0.2) is 21.1 Å². The lowest BCUT2D eigenvalue weighted by molar-refractivity contribution is 0.0651. The molecule has 1 heterocycles. The van der Waals surface area contributed by atoms with Crippen molar-refractivity contribution in [3.63, 3.8) is 0 Å². The lowest BCUT2D eigenvalue weighted by Gasteiger charge is -2.13. The number of carbonyl (C=O) groups excluding carboxylic acids is 2. The van der Waals surface area contributed by atoms with E-state index in [2.05, 4.69) is 38.8 Å². The smallest absolute Gasteiger partial charge is 0.262 e. The zero-order chi connectivity index (χ0) is 19.6. The maximum absolute atomic E-state index is 12.6. The molecule has 0 bridgehead atoms. The number of carbonyl (C=O) groups is 2. The fourth-order valence-corrected chi connectivity index (χ4v) is 4.65. The summed E-state index contributed by atoms with van der Waals surface area (Å²) >= 11 is 6.79. The predicted molar refractivity (Wildman–Crippen MR) is 118 cm³/mol. The van der Waals surface area contributed by atoms with E-state index in [-0.39, 0.29) is 11.8 Å². The van der Waals surface area contributed by atoms with Crippen LogP contribution in [-0.4, -0.2) is 23.3 Å². The number of halogens is 2. The third-order valence-corrected chi connectivity index (χ3v) is 6.58. The molecule has 0 radical (unpaired) electrons. The van der Waals surface area contributed by atoms with Crippen molar-refractivity contribution in [2.75, 3.05) is 6.54 Å². The Kier molecular flexibility index (Phi) is 10.1. The summed E-state index contributed by atoms with van der Waals surface area (Å²) in [7, 11) is 0. The Morgan fingerprint density at radius 1 is 0.667 bits per heavy atom. The molecule has 150 valence electrons. The largest absolute Gasteiger partial charge is 0.274 e. The van der Waals surface area contributed by atoms with Crippen molar-refractivity contribution < 1.29 is 9.59 Å². The van der Waals surface area contributed by atoms with Crippen molar-refractivity contribution in [3.8, 4) is 0 Å². The van der Waals surface area contributed by atoms with Crippen molar-refractivity contribution in [2.24, 2.45) is 0 Å². The second kappa shape index (κ2) is 12.0. The molecule has 0 atom stereocenters. The molecule has 1 aromatic rings. The molecule has 0 fully saturated rings. The summed E-state index contributed by atoms with van der Waals surface area (Å²) in [6, 6.07) is 3.61. The third kappa shape index (κ3) is 6.42. The molecule has 0 saturated carbocycles. The maximum Gasteiger partial charge on any atom is 0.262 e. The van der Waals surface area contributed by atoms with E-state index in [0.29, 0.717) is 26.6 Å². The van der Waals surface area contributed by atoms with Crippen LogP contribution in [0.1, 0.15) is 105 Å². The van der Waals surface area contributed by atoms with Crippen LogP contribution in [0.5, 0.6) is 0 Å². The van der Waals surface area contributed by atoms with Crippen LogP contribution in [0.3, 0.4) is 0 Å². The summed E-state index contributed by atoms with van der Waals surface area (Å²) in [4.78, 5) is 26.5. The molecule has 0 spiro atoms. The summed E-state index contributed by atoms with van der Waals surface area (Å²) < 4.78 is 1.38. The summed E-state index contributed by atoms with van der Waals surface area (Å²) in [5, 5.41) is 0. The quantitative estimate of drug-likeness (QED) is 0.207. The first-order valence-corrected chi connectivity index (χ1v) is 12.0. The van der Waals surface area contributed by atoms with Crippen LogP contribution in [0.25, 0.3) is 0 Å². The van der Waals surface area contributed by atoms with Crippen LogP contribution >= 0.6 is 31.9 Å². The van der Waals surface area contributed by atoms with E-state index in [1.54, 1.807) is 12.1 Å². The van der Waals surface area contributed by atoms with Gasteiger partial charge >= 0.3 is 0 Å². The second-order valence-electron chi connectivity index (χ2n) is 7.43. The lowest BCUT2D eigenvalue weighted by atomic mass is 10.1. The first-order chi connectivity index (χ1) is 13.1. The Balaban J connectivity index is 1.59. The van der Waals surface area contributed by atoms with E-state index < -0.39 is 0 Å². The average Bonchev–Trinajstić information content (AvgIpc) is 2.91. The second-order valence-corrected chi connectivity index (χ2v) is 9.14. The van der Waals surface area contributed by atoms with Crippen LogP contribution in [0, 0.1) is 0 Å². The lowest BCUT2D eigenvalue weighted by Crippen LogP contribution is -2.30. The van der Waals surface area contributed by atoms with E-state index >= 15 is 0 Å².